The molecule has 3 N–H and O–H groups in total. The van der Waals surface area contributed by atoms with E-state index in [9.17, 15) is 4.79 Å². The van der Waals surface area contributed by atoms with Gasteiger partial charge in [0.25, 0.3) is 0 Å². The van der Waals surface area contributed by atoms with Crippen molar-refractivity contribution in [2.45, 2.75) is 33.9 Å². The van der Waals surface area contributed by atoms with Crippen molar-refractivity contribution in [3.63, 3.8) is 0 Å². The summed E-state index contributed by atoms with van der Waals surface area (Å²) in [6.45, 7) is 7.96. The first-order valence-electron chi connectivity index (χ1n) is 6.63. The number of hydrogen-bond acceptors (Lipinski definition) is 3. The molecule has 106 valence electrons. The zero-order valence-electron chi connectivity index (χ0n) is 12.1. The second kappa shape index (κ2) is 6.20. The van der Waals surface area contributed by atoms with Gasteiger partial charge in [-0.1, -0.05) is 6.07 Å². The van der Waals surface area contributed by atoms with Crippen LogP contribution in [0, 0.1) is 20.8 Å². The topological polar surface area (TPSA) is 55.1 Å². The number of carbonyl (C=O) groups excluding carboxylic acids is 1. The van der Waals surface area contributed by atoms with Crippen LogP contribution in [0.4, 0.5) is 0 Å². The molecule has 0 saturated heterocycles. The maximum absolute atomic E-state index is 11.1. The van der Waals surface area contributed by atoms with Crippen molar-refractivity contribution >= 4 is 17.2 Å². The SMILES string of the molecule is Cc1cc(C(N)=O)ccc1CNCc1cc(C)c(C)s1. The first-order chi connectivity index (χ1) is 9.47. The van der Waals surface area contributed by atoms with E-state index in [1.807, 2.05) is 30.4 Å². The maximum atomic E-state index is 11.1. The van der Waals surface area contributed by atoms with E-state index in [0.717, 1.165) is 18.7 Å². The van der Waals surface area contributed by atoms with Crippen LogP contribution in [0.25, 0.3) is 0 Å². The van der Waals surface area contributed by atoms with Gasteiger partial charge >= 0.3 is 0 Å². The van der Waals surface area contributed by atoms with Crippen molar-refractivity contribution < 1.29 is 4.79 Å². The number of aryl methyl sites for hydroxylation is 3. The highest BCUT2D eigenvalue weighted by molar-refractivity contribution is 7.12. The Morgan fingerprint density at radius 1 is 1.15 bits per heavy atom. The molecule has 0 bridgehead atoms. The molecule has 0 unspecified atom stereocenters. The van der Waals surface area contributed by atoms with Crippen molar-refractivity contribution in [1.29, 1.82) is 0 Å². The van der Waals surface area contributed by atoms with Crippen molar-refractivity contribution in [3.05, 3.63) is 56.3 Å². The van der Waals surface area contributed by atoms with Crippen molar-refractivity contribution in [3.8, 4) is 0 Å². The molecule has 0 aliphatic carbocycles. The smallest absolute Gasteiger partial charge is 0.248 e. The number of rotatable bonds is 5. The minimum absolute atomic E-state index is 0.378. The monoisotopic (exact) mass is 288 g/mol. The molecule has 0 atom stereocenters. The van der Waals surface area contributed by atoms with E-state index in [0.29, 0.717) is 5.56 Å². The fraction of sp³-hybridized carbons (Fsp3) is 0.312. The summed E-state index contributed by atoms with van der Waals surface area (Å²) in [7, 11) is 0. The highest BCUT2D eigenvalue weighted by Crippen LogP contribution is 2.20. The normalized spacial score (nSPS) is 10.8. The second-order valence-electron chi connectivity index (χ2n) is 5.06. The van der Waals surface area contributed by atoms with Crippen LogP contribution in [0.3, 0.4) is 0 Å². The van der Waals surface area contributed by atoms with Gasteiger partial charge < -0.3 is 11.1 Å². The van der Waals surface area contributed by atoms with Crippen LogP contribution in [0.1, 0.15) is 36.8 Å². The highest BCUT2D eigenvalue weighted by Gasteiger charge is 2.05. The van der Waals surface area contributed by atoms with E-state index in [1.54, 1.807) is 6.07 Å². The molecule has 0 aliphatic rings. The Kier molecular flexibility index (Phi) is 4.57. The molecule has 0 fully saturated rings. The van der Waals surface area contributed by atoms with Crippen LogP contribution in [0.5, 0.6) is 0 Å². The lowest BCUT2D eigenvalue weighted by molar-refractivity contribution is 0.1000. The molecule has 1 amide bonds. The summed E-state index contributed by atoms with van der Waals surface area (Å²) in [5.41, 5.74) is 9.48. The molecule has 0 saturated carbocycles. The maximum Gasteiger partial charge on any atom is 0.248 e. The molecule has 3 nitrogen and oxygen atoms in total. The predicted octanol–water partition coefficient (Wildman–Crippen LogP) is 3.06. The Labute approximate surface area is 123 Å². The van der Waals surface area contributed by atoms with Gasteiger partial charge in [-0.25, -0.2) is 0 Å². The lowest BCUT2D eigenvalue weighted by atomic mass is 10.0. The number of thiophene rings is 1. The molecule has 0 aliphatic heterocycles. The molecule has 20 heavy (non-hydrogen) atoms. The Morgan fingerprint density at radius 3 is 2.45 bits per heavy atom. The van der Waals surface area contributed by atoms with Crippen molar-refractivity contribution in [2.24, 2.45) is 5.73 Å². The first-order valence-corrected chi connectivity index (χ1v) is 7.45. The Morgan fingerprint density at radius 2 is 1.90 bits per heavy atom. The van der Waals surface area contributed by atoms with Gasteiger partial charge in [0.05, 0.1) is 0 Å². The molecule has 2 aromatic rings. The van der Waals surface area contributed by atoms with E-state index >= 15 is 0 Å². The van der Waals surface area contributed by atoms with Crippen LogP contribution in [-0.2, 0) is 13.1 Å². The lowest BCUT2D eigenvalue weighted by Gasteiger charge is -2.08. The summed E-state index contributed by atoms with van der Waals surface area (Å²) < 4.78 is 0. The zero-order valence-corrected chi connectivity index (χ0v) is 12.9. The number of amides is 1. The molecule has 1 aromatic carbocycles. The quantitative estimate of drug-likeness (QED) is 0.888. The Bertz CT molecular complexity index is 612. The largest absolute Gasteiger partial charge is 0.366 e. The second-order valence-corrected chi connectivity index (χ2v) is 6.40. The van der Waals surface area contributed by atoms with Gasteiger partial charge in [-0.3, -0.25) is 4.79 Å². The molecule has 1 heterocycles. The third-order valence-corrected chi connectivity index (χ3v) is 4.61. The third kappa shape index (κ3) is 3.46. The average Bonchev–Trinajstić information content (AvgIpc) is 2.70. The number of primary amides is 1. The van der Waals surface area contributed by atoms with Gasteiger partial charge in [-0.15, -0.1) is 11.3 Å². The lowest BCUT2D eigenvalue weighted by Crippen LogP contribution is -2.14. The molecular weight excluding hydrogens is 268 g/mol. The average molecular weight is 288 g/mol. The van der Waals surface area contributed by atoms with E-state index in [4.69, 9.17) is 5.73 Å². The van der Waals surface area contributed by atoms with E-state index < -0.39 is 0 Å². The summed E-state index contributed by atoms with van der Waals surface area (Å²) in [5.74, 6) is -0.378. The van der Waals surface area contributed by atoms with Gasteiger partial charge in [0.15, 0.2) is 0 Å². The summed E-state index contributed by atoms with van der Waals surface area (Å²) in [5, 5.41) is 3.44. The number of carbonyl (C=O) groups is 1. The molecule has 4 heteroatoms. The minimum Gasteiger partial charge on any atom is -0.366 e. The summed E-state index contributed by atoms with van der Waals surface area (Å²) in [6.07, 6.45) is 0. The minimum atomic E-state index is -0.378. The zero-order chi connectivity index (χ0) is 14.7. The summed E-state index contributed by atoms with van der Waals surface area (Å²) in [6, 6.07) is 7.83. The molecule has 0 spiro atoms. The fourth-order valence-corrected chi connectivity index (χ4v) is 3.13. The molecule has 1 aromatic heterocycles. The van der Waals surface area contributed by atoms with Crippen LogP contribution in [-0.4, -0.2) is 5.91 Å². The van der Waals surface area contributed by atoms with Crippen molar-refractivity contribution in [1.82, 2.24) is 5.32 Å². The van der Waals surface area contributed by atoms with Gasteiger partial charge in [0, 0.05) is 28.4 Å². The van der Waals surface area contributed by atoms with Gasteiger partial charge in [0.1, 0.15) is 0 Å². The number of nitrogens with one attached hydrogen (secondary N) is 1. The van der Waals surface area contributed by atoms with Crippen molar-refractivity contribution in [2.75, 3.05) is 0 Å². The number of benzene rings is 1. The summed E-state index contributed by atoms with van der Waals surface area (Å²) in [4.78, 5) is 13.8. The van der Waals surface area contributed by atoms with Crippen LogP contribution in [0.15, 0.2) is 24.3 Å². The van der Waals surface area contributed by atoms with E-state index in [-0.39, 0.29) is 5.91 Å². The van der Waals surface area contributed by atoms with Gasteiger partial charge in [-0.05, 0) is 55.7 Å². The molecule has 2 rings (SSSR count). The number of hydrogen-bond donors (Lipinski definition) is 2. The standard InChI is InChI=1S/C16H20N2OS/c1-10-7-15(20-12(10)3)9-18-8-14-5-4-13(16(17)19)6-11(14)2/h4-7,18H,8-9H2,1-3H3,(H2,17,19). The van der Waals surface area contributed by atoms with Crippen LogP contribution in [0.2, 0.25) is 0 Å². The molecular formula is C16H20N2OS. The highest BCUT2D eigenvalue weighted by atomic mass is 32.1. The summed E-state index contributed by atoms with van der Waals surface area (Å²) >= 11 is 1.84. The van der Waals surface area contributed by atoms with E-state index in [1.165, 1.54) is 20.9 Å². The fourth-order valence-electron chi connectivity index (χ4n) is 2.10. The predicted molar refractivity (Wildman–Crippen MR) is 84.0 cm³/mol. The van der Waals surface area contributed by atoms with Gasteiger partial charge in [-0.2, -0.15) is 0 Å². The first kappa shape index (κ1) is 14.8. The Hall–Kier alpha value is -1.65. The third-order valence-electron chi connectivity index (χ3n) is 3.46. The van der Waals surface area contributed by atoms with Gasteiger partial charge in [0.2, 0.25) is 5.91 Å². The van der Waals surface area contributed by atoms with Crippen LogP contribution < -0.4 is 11.1 Å². The van der Waals surface area contributed by atoms with Crippen LogP contribution >= 0.6 is 11.3 Å². The number of nitrogens with two attached hydrogens (primary N) is 1. The van der Waals surface area contributed by atoms with E-state index in [2.05, 4.69) is 25.2 Å². The Balaban J connectivity index is 1.95. The molecule has 0 radical (unpaired) electrons.